The SMILES string of the molecule is Cc1cccc(C#CC(=O)N(C)[C@H]2CC[C@@]3(O)[C@H]4Cc5ccc(O)c6c5[C@@]3(CCN4CCc3ccccc3)[C@@]2(C)O6)c1. The first kappa shape index (κ1) is 27.1. The van der Waals surface area contributed by atoms with Gasteiger partial charge in [-0.3, -0.25) is 9.69 Å². The van der Waals surface area contributed by atoms with Crippen molar-refractivity contribution in [1.82, 2.24) is 9.80 Å². The topological polar surface area (TPSA) is 73.2 Å². The summed E-state index contributed by atoms with van der Waals surface area (Å²) in [5.41, 5.74) is 2.51. The van der Waals surface area contributed by atoms with Crippen LogP contribution in [0.1, 0.15) is 54.0 Å². The zero-order chi connectivity index (χ0) is 29.3. The summed E-state index contributed by atoms with van der Waals surface area (Å²) >= 11 is 0. The molecule has 2 heterocycles. The van der Waals surface area contributed by atoms with Gasteiger partial charge in [-0.2, -0.15) is 0 Å². The lowest BCUT2D eigenvalue weighted by molar-refractivity contribution is -0.228. The second-order valence-electron chi connectivity index (χ2n) is 12.8. The largest absolute Gasteiger partial charge is 0.504 e. The van der Waals surface area contributed by atoms with Crippen LogP contribution < -0.4 is 4.74 Å². The molecule has 3 aromatic rings. The number of likely N-dealkylation sites (tertiary alicyclic amines) is 1. The highest BCUT2D eigenvalue weighted by Crippen LogP contribution is 2.69. The first-order chi connectivity index (χ1) is 20.2. The Labute approximate surface area is 247 Å². The molecule has 2 fully saturated rings. The standard InChI is InChI=1S/C36H38N2O4/c1-24-8-7-11-26(22-24)12-15-31(40)37(3)29-16-18-36(41)30-23-27-13-14-28(39)33-32(27)35(36,34(29,2)42-33)19-21-38(30)20-17-25-9-5-4-6-10-25/h4-11,13-14,22,29-30,39,41H,16-21,23H2,1-3H3/t29-,30+,34-,35-,36+/m0/s1. The number of amides is 1. The van der Waals surface area contributed by atoms with Crippen molar-refractivity contribution in [2.24, 2.45) is 0 Å². The van der Waals surface area contributed by atoms with Crippen molar-refractivity contribution >= 4 is 5.91 Å². The molecule has 42 heavy (non-hydrogen) atoms. The van der Waals surface area contributed by atoms with Crippen LogP contribution in [0.2, 0.25) is 0 Å². The second kappa shape index (κ2) is 9.62. The molecule has 1 saturated heterocycles. The van der Waals surface area contributed by atoms with Gasteiger partial charge in [-0.25, -0.2) is 0 Å². The van der Waals surface area contributed by atoms with Crippen molar-refractivity contribution in [3.05, 3.63) is 94.5 Å². The van der Waals surface area contributed by atoms with Gasteiger partial charge >= 0.3 is 0 Å². The summed E-state index contributed by atoms with van der Waals surface area (Å²) in [6.45, 7) is 5.72. The smallest absolute Gasteiger partial charge is 0.298 e. The summed E-state index contributed by atoms with van der Waals surface area (Å²) in [6, 6.07) is 21.6. The molecule has 1 saturated carbocycles. The Kier molecular flexibility index (Phi) is 6.20. The molecule has 0 radical (unpaired) electrons. The lowest BCUT2D eigenvalue weighted by atomic mass is 9.44. The van der Waals surface area contributed by atoms with E-state index in [0.717, 1.165) is 41.8 Å². The predicted molar refractivity (Wildman–Crippen MR) is 161 cm³/mol. The van der Waals surface area contributed by atoms with Crippen molar-refractivity contribution in [3.63, 3.8) is 0 Å². The Balaban J connectivity index is 1.26. The molecule has 1 spiro atoms. The van der Waals surface area contributed by atoms with E-state index in [1.54, 1.807) is 18.0 Å². The van der Waals surface area contributed by atoms with Crippen LogP contribution in [0, 0.1) is 18.8 Å². The number of carbonyl (C=O) groups excluding carboxylic acids is 1. The van der Waals surface area contributed by atoms with E-state index in [1.807, 2.05) is 50.2 Å². The summed E-state index contributed by atoms with van der Waals surface area (Å²) in [4.78, 5) is 17.7. The molecule has 216 valence electrons. The monoisotopic (exact) mass is 562 g/mol. The van der Waals surface area contributed by atoms with Gasteiger partial charge in [-0.1, -0.05) is 54.5 Å². The lowest BCUT2D eigenvalue weighted by Gasteiger charge is -2.67. The van der Waals surface area contributed by atoms with Crippen molar-refractivity contribution in [3.8, 4) is 23.3 Å². The van der Waals surface area contributed by atoms with Gasteiger partial charge in [0.1, 0.15) is 5.60 Å². The number of rotatable bonds is 4. The highest BCUT2D eigenvalue weighted by molar-refractivity contribution is 5.94. The van der Waals surface area contributed by atoms with E-state index in [1.165, 1.54) is 5.56 Å². The van der Waals surface area contributed by atoms with Gasteiger partial charge in [-0.15, -0.1) is 0 Å². The molecular weight excluding hydrogens is 524 g/mol. The number of likely N-dealkylation sites (N-methyl/N-ethyl adjacent to an activating group) is 1. The Morgan fingerprint density at radius 3 is 2.71 bits per heavy atom. The third-order valence-corrected chi connectivity index (χ3v) is 10.8. The summed E-state index contributed by atoms with van der Waals surface area (Å²) in [6.07, 6.45) is 3.43. The zero-order valence-electron chi connectivity index (χ0n) is 24.6. The highest BCUT2D eigenvalue weighted by atomic mass is 16.5. The second-order valence-corrected chi connectivity index (χ2v) is 12.8. The molecule has 7 rings (SSSR count). The third-order valence-electron chi connectivity index (χ3n) is 10.8. The number of carbonyl (C=O) groups is 1. The van der Waals surface area contributed by atoms with Crippen LogP contribution in [0.25, 0.3) is 0 Å². The van der Waals surface area contributed by atoms with Crippen LogP contribution in [-0.2, 0) is 23.1 Å². The number of aliphatic hydroxyl groups is 1. The van der Waals surface area contributed by atoms with Gasteiger partial charge in [-0.05, 0) is 87.4 Å². The van der Waals surface area contributed by atoms with Gasteiger partial charge in [0.2, 0.25) is 0 Å². The molecule has 2 aliphatic heterocycles. The minimum absolute atomic E-state index is 0.0797. The van der Waals surface area contributed by atoms with Crippen LogP contribution in [0.3, 0.4) is 0 Å². The van der Waals surface area contributed by atoms with Crippen LogP contribution >= 0.6 is 0 Å². The van der Waals surface area contributed by atoms with Gasteiger partial charge in [0.15, 0.2) is 11.5 Å². The van der Waals surface area contributed by atoms with Gasteiger partial charge in [0, 0.05) is 36.7 Å². The molecule has 1 amide bonds. The maximum Gasteiger partial charge on any atom is 0.298 e. The molecule has 4 aliphatic rings. The molecule has 0 aromatic heterocycles. The molecular formula is C36H38N2O4. The first-order valence-corrected chi connectivity index (χ1v) is 15.1. The van der Waals surface area contributed by atoms with E-state index >= 15 is 0 Å². The minimum Gasteiger partial charge on any atom is -0.504 e. The Morgan fingerprint density at radius 1 is 1.12 bits per heavy atom. The normalized spacial score (nSPS) is 30.5. The summed E-state index contributed by atoms with van der Waals surface area (Å²) in [7, 11) is 1.80. The van der Waals surface area contributed by atoms with E-state index < -0.39 is 16.6 Å². The Hall–Kier alpha value is -3.79. The van der Waals surface area contributed by atoms with Gasteiger partial charge in [0.05, 0.1) is 17.1 Å². The molecule has 2 aliphatic carbocycles. The highest BCUT2D eigenvalue weighted by Gasteiger charge is 2.78. The number of benzene rings is 3. The molecule has 5 atom stereocenters. The average Bonchev–Trinajstić information content (AvgIpc) is 3.26. The van der Waals surface area contributed by atoms with Crippen molar-refractivity contribution in [2.45, 2.75) is 74.7 Å². The fourth-order valence-electron chi connectivity index (χ4n) is 8.89. The maximum absolute atomic E-state index is 13.5. The van der Waals surface area contributed by atoms with E-state index in [-0.39, 0.29) is 23.7 Å². The van der Waals surface area contributed by atoms with E-state index in [4.69, 9.17) is 4.74 Å². The van der Waals surface area contributed by atoms with Crippen LogP contribution in [0.15, 0.2) is 66.7 Å². The van der Waals surface area contributed by atoms with Gasteiger partial charge in [0.25, 0.3) is 5.91 Å². The van der Waals surface area contributed by atoms with E-state index in [0.29, 0.717) is 31.4 Å². The van der Waals surface area contributed by atoms with Crippen molar-refractivity contribution < 1.29 is 19.7 Å². The number of phenolic OH excluding ortho intramolecular Hbond substituents is 1. The number of hydrogen-bond acceptors (Lipinski definition) is 5. The quantitative estimate of drug-likeness (QED) is 0.463. The first-order valence-electron chi connectivity index (χ1n) is 15.1. The zero-order valence-corrected chi connectivity index (χ0v) is 24.6. The van der Waals surface area contributed by atoms with Gasteiger partial charge < -0.3 is 19.8 Å². The molecule has 0 unspecified atom stereocenters. The molecule has 3 aromatic carbocycles. The summed E-state index contributed by atoms with van der Waals surface area (Å²) < 4.78 is 6.82. The fourth-order valence-corrected chi connectivity index (χ4v) is 8.89. The van der Waals surface area contributed by atoms with Crippen LogP contribution in [0.4, 0.5) is 0 Å². The van der Waals surface area contributed by atoms with E-state index in [2.05, 4.69) is 41.0 Å². The minimum atomic E-state index is -1.06. The number of piperidine rings is 1. The van der Waals surface area contributed by atoms with Crippen molar-refractivity contribution in [1.29, 1.82) is 0 Å². The number of aryl methyl sites for hydroxylation is 1. The molecule has 6 heteroatoms. The third kappa shape index (κ3) is 3.70. The average molecular weight is 563 g/mol. The Bertz CT molecular complexity index is 1630. The molecule has 2 N–H and O–H groups in total. The number of ether oxygens (including phenoxy) is 1. The summed E-state index contributed by atoms with van der Waals surface area (Å²) in [5, 5.41) is 23.9. The number of phenols is 1. The molecule has 2 bridgehead atoms. The maximum atomic E-state index is 13.5. The number of hydrogen-bond donors (Lipinski definition) is 2. The number of nitrogens with zero attached hydrogens (tertiary/aromatic N) is 2. The van der Waals surface area contributed by atoms with Crippen LogP contribution in [-0.4, -0.2) is 69.3 Å². The molecule has 6 nitrogen and oxygen atoms in total. The summed E-state index contributed by atoms with van der Waals surface area (Å²) in [5.74, 6) is 6.18. The van der Waals surface area contributed by atoms with Crippen molar-refractivity contribution in [2.75, 3.05) is 20.1 Å². The number of aromatic hydroxyl groups is 1. The predicted octanol–water partition coefficient (Wildman–Crippen LogP) is 4.37. The Morgan fingerprint density at radius 2 is 1.93 bits per heavy atom. The lowest BCUT2D eigenvalue weighted by Crippen LogP contribution is -2.82. The fraction of sp³-hybridized carbons (Fsp3) is 0.417. The van der Waals surface area contributed by atoms with E-state index in [9.17, 15) is 15.0 Å². The van der Waals surface area contributed by atoms with Crippen LogP contribution in [0.5, 0.6) is 11.5 Å².